The number of aromatic nitrogens is 1. The van der Waals surface area contributed by atoms with E-state index in [1.165, 1.54) is 34.1 Å². The van der Waals surface area contributed by atoms with Crippen molar-refractivity contribution in [3.8, 4) is 0 Å². The molecule has 2 atom stereocenters. The van der Waals surface area contributed by atoms with E-state index in [1.807, 2.05) is 6.92 Å². The lowest BCUT2D eigenvalue weighted by Gasteiger charge is -2.33. The third-order valence-electron chi connectivity index (χ3n) is 4.38. The Balaban J connectivity index is 2.00. The molecule has 1 fully saturated rings. The first-order valence-corrected chi connectivity index (χ1v) is 8.96. The fourth-order valence-corrected chi connectivity index (χ4v) is 4.72. The predicted molar refractivity (Wildman–Crippen MR) is 85.1 cm³/mol. The number of rotatable bonds is 3. The van der Waals surface area contributed by atoms with Gasteiger partial charge in [0.1, 0.15) is 0 Å². The lowest BCUT2D eigenvalue weighted by molar-refractivity contribution is -0.143. The normalized spacial score (nSPS) is 22.8. The van der Waals surface area contributed by atoms with E-state index in [-0.39, 0.29) is 29.5 Å². The summed E-state index contributed by atoms with van der Waals surface area (Å²) >= 11 is 0. The van der Waals surface area contributed by atoms with Gasteiger partial charge in [-0.1, -0.05) is 6.92 Å². The van der Waals surface area contributed by atoms with Crippen LogP contribution in [0.15, 0.2) is 32.3 Å². The SMILES string of the molecule is CC1CC(C(=O)O)CN(S(=O)(=O)c2ccc3c(c2)oc(=O)n3C)C1. The van der Waals surface area contributed by atoms with Crippen molar-refractivity contribution in [1.82, 2.24) is 8.87 Å². The number of aliphatic carboxylic acids is 1. The molecule has 1 aromatic heterocycles. The number of aryl methyl sites for hydroxylation is 1. The van der Waals surface area contributed by atoms with Gasteiger partial charge in [0.15, 0.2) is 5.58 Å². The summed E-state index contributed by atoms with van der Waals surface area (Å²) in [6.07, 6.45) is 0.452. The molecule has 0 saturated carbocycles. The molecule has 2 heterocycles. The predicted octanol–water partition coefficient (Wildman–Crippen LogP) is 0.863. The van der Waals surface area contributed by atoms with E-state index >= 15 is 0 Å². The Morgan fingerprint density at radius 3 is 2.71 bits per heavy atom. The Labute approximate surface area is 138 Å². The number of sulfonamides is 1. The standard InChI is InChI=1S/C15H18N2O6S/c1-9-5-10(14(18)19)8-17(7-9)24(21,22)11-3-4-12-13(6-11)23-15(20)16(12)2/h3-4,6,9-10H,5,7-8H2,1-2H3,(H,18,19). The van der Waals surface area contributed by atoms with Gasteiger partial charge in [-0.3, -0.25) is 9.36 Å². The van der Waals surface area contributed by atoms with Gasteiger partial charge in [-0.15, -0.1) is 0 Å². The highest BCUT2D eigenvalue weighted by Crippen LogP contribution is 2.28. The molecule has 8 nitrogen and oxygen atoms in total. The molecule has 3 rings (SSSR count). The number of nitrogens with zero attached hydrogens (tertiary/aromatic N) is 2. The number of hydrogen-bond donors (Lipinski definition) is 1. The molecule has 2 unspecified atom stereocenters. The summed E-state index contributed by atoms with van der Waals surface area (Å²) in [7, 11) is -2.32. The fraction of sp³-hybridized carbons (Fsp3) is 0.467. The van der Waals surface area contributed by atoms with Crippen molar-refractivity contribution in [2.24, 2.45) is 18.9 Å². The van der Waals surface area contributed by atoms with Crippen LogP contribution < -0.4 is 5.76 Å². The molecule has 0 radical (unpaired) electrons. The van der Waals surface area contributed by atoms with Crippen LogP contribution in [0.2, 0.25) is 0 Å². The van der Waals surface area contributed by atoms with Crippen molar-refractivity contribution >= 4 is 27.1 Å². The molecule has 24 heavy (non-hydrogen) atoms. The molecule has 130 valence electrons. The first-order chi connectivity index (χ1) is 11.2. The molecule has 0 bridgehead atoms. The highest BCUT2D eigenvalue weighted by molar-refractivity contribution is 7.89. The van der Waals surface area contributed by atoms with Crippen molar-refractivity contribution < 1.29 is 22.7 Å². The Kier molecular flexibility index (Phi) is 4.00. The van der Waals surface area contributed by atoms with E-state index in [2.05, 4.69) is 0 Å². The lowest BCUT2D eigenvalue weighted by Crippen LogP contribution is -2.45. The van der Waals surface area contributed by atoms with Crippen LogP contribution in [0.1, 0.15) is 13.3 Å². The summed E-state index contributed by atoms with van der Waals surface area (Å²) < 4.78 is 33.2. The van der Waals surface area contributed by atoms with E-state index < -0.39 is 27.7 Å². The van der Waals surface area contributed by atoms with E-state index in [1.54, 1.807) is 0 Å². The second-order valence-corrected chi connectivity index (χ2v) is 8.19. The molecule has 1 saturated heterocycles. The lowest BCUT2D eigenvalue weighted by atomic mass is 9.92. The van der Waals surface area contributed by atoms with Crippen LogP contribution in [0.5, 0.6) is 0 Å². The van der Waals surface area contributed by atoms with Crippen molar-refractivity contribution in [3.05, 3.63) is 28.7 Å². The molecule has 1 aromatic carbocycles. The fourth-order valence-electron chi connectivity index (χ4n) is 3.10. The number of fused-ring (bicyclic) bond motifs is 1. The third-order valence-corrected chi connectivity index (χ3v) is 6.20. The zero-order chi connectivity index (χ0) is 17.6. The van der Waals surface area contributed by atoms with E-state index in [0.29, 0.717) is 11.9 Å². The zero-order valence-electron chi connectivity index (χ0n) is 13.3. The molecule has 0 amide bonds. The van der Waals surface area contributed by atoms with E-state index in [4.69, 9.17) is 4.42 Å². The topological polar surface area (TPSA) is 110 Å². The number of oxazole rings is 1. The molecule has 2 aromatic rings. The first kappa shape index (κ1) is 16.7. The van der Waals surface area contributed by atoms with E-state index in [9.17, 15) is 23.1 Å². The maximum absolute atomic E-state index is 12.8. The highest BCUT2D eigenvalue weighted by Gasteiger charge is 2.36. The van der Waals surface area contributed by atoms with Gasteiger partial charge in [0.05, 0.1) is 16.3 Å². The van der Waals surface area contributed by atoms with Gasteiger partial charge >= 0.3 is 11.7 Å². The number of carboxylic acids is 1. The third kappa shape index (κ3) is 2.73. The number of carboxylic acid groups (broad SMARTS) is 1. The van der Waals surface area contributed by atoms with E-state index in [0.717, 1.165) is 0 Å². The monoisotopic (exact) mass is 354 g/mol. The smallest absolute Gasteiger partial charge is 0.419 e. The molecule has 1 aliphatic heterocycles. The second kappa shape index (κ2) is 5.75. The maximum atomic E-state index is 12.8. The molecule has 1 aliphatic rings. The van der Waals surface area contributed by atoms with Crippen LogP contribution in [-0.4, -0.2) is 41.5 Å². The molecule has 9 heteroatoms. The Bertz CT molecular complexity index is 958. The minimum atomic E-state index is -3.86. The van der Waals surface area contributed by atoms with Crippen molar-refractivity contribution in [3.63, 3.8) is 0 Å². The van der Waals surface area contributed by atoms with Crippen LogP contribution in [0, 0.1) is 11.8 Å². The quantitative estimate of drug-likeness (QED) is 0.875. The number of piperidine rings is 1. The van der Waals surface area contributed by atoms with Crippen LogP contribution in [0.4, 0.5) is 0 Å². The summed E-state index contributed by atoms with van der Waals surface area (Å²) in [6.45, 7) is 2.04. The summed E-state index contributed by atoms with van der Waals surface area (Å²) in [5, 5.41) is 9.21. The van der Waals surface area contributed by atoms with Crippen LogP contribution in [0.3, 0.4) is 0 Å². The van der Waals surface area contributed by atoms with Gasteiger partial charge in [0.25, 0.3) is 0 Å². The summed E-state index contributed by atoms with van der Waals surface area (Å²) in [6, 6.07) is 4.22. The first-order valence-electron chi connectivity index (χ1n) is 7.52. The number of carbonyl (C=O) groups is 1. The Hall–Kier alpha value is -2.13. The summed E-state index contributed by atoms with van der Waals surface area (Å²) in [4.78, 5) is 22.8. The van der Waals surface area contributed by atoms with Gasteiger partial charge in [-0.05, 0) is 24.5 Å². The summed E-state index contributed by atoms with van der Waals surface area (Å²) in [5.74, 6) is -2.33. The summed E-state index contributed by atoms with van der Waals surface area (Å²) in [5.41, 5.74) is 0.679. The average Bonchev–Trinajstić information content (AvgIpc) is 2.81. The molecular weight excluding hydrogens is 336 g/mol. The van der Waals surface area contributed by atoms with Crippen molar-refractivity contribution in [2.75, 3.05) is 13.1 Å². The van der Waals surface area contributed by atoms with Crippen molar-refractivity contribution in [2.45, 2.75) is 18.2 Å². The maximum Gasteiger partial charge on any atom is 0.419 e. The number of hydrogen-bond acceptors (Lipinski definition) is 5. The highest BCUT2D eigenvalue weighted by atomic mass is 32.2. The van der Waals surface area contributed by atoms with Crippen LogP contribution in [0.25, 0.3) is 11.1 Å². The Morgan fingerprint density at radius 2 is 2.04 bits per heavy atom. The molecule has 0 spiro atoms. The van der Waals surface area contributed by atoms with Gasteiger partial charge in [0.2, 0.25) is 10.0 Å². The minimum absolute atomic E-state index is 0.0115. The molecule has 0 aliphatic carbocycles. The van der Waals surface area contributed by atoms with Gasteiger partial charge in [-0.25, -0.2) is 13.2 Å². The average molecular weight is 354 g/mol. The molecular formula is C15H18N2O6S. The van der Waals surface area contributed by atoms with Crippen LogP contribution in [-0.2, 0) is 21.9 Å². The van der Waals surface area contributed by atoms with Crippen LogP contribution >= 0.6 is 0 Å². The Morgan fingerprint density at radius 1 is 1.33 bits per heavy atom. The van der Waals surface area contributed by atoms with Gasteiger partial charge < -0.3 is 9.52 Å². The zero-order valence-corrected chi connectivity index (χ0v) is 14.1. The van der Waals surface area contributed by atoms with Crippen molar-refractivity contribution in [1.29, 1.82) is 0 Å². The minimum Gasteiger partial charge on any atom is -0.481 e. The number of benzene rings is 1. The molecule has 1 N–H and O–H groups in total. The van der Waals surface area contributed by atoms with Gasteiger partial charge in [-0.2, -0.15) is 4.31 Å². The second-order valence-electron chi connectivity index (χ2n) is 6.25. The largest absolute Gasteiger partial charge is 0.481 e. The van der Waals surface area contributed by atoms with Gasteiger partial charge in [0, 0.05) is 26.2 Å².